The van der Waals surface area contributed by atoms with E-state index < -0.39 is 5.97 Å². The van der Waals surface area contributed by atoms with Crippen molar-refractivity contribution >= 4 is 11.7 Å². The summed E-state index contributed by atoms with van der Waals surface area (Å²) in [7, 11) is 0. The van der Waals surface area contributed by atoms with Gasteiger partial charge in [-0.1, -0.05) is 36.4 Å². The number of anilines is 1. The summed E-state index contributed by atoms with van der Waals surface area (Å²) >= 11 is 0. The van der Waals surface area contributed by atoms with Crippen LogP contribution in [0.3, 0.4) is 0 Å². The predicted molar refractivity (Wildman–Crippen MR) is 104 cm³/mol. The van der Waals surface area contributed by atoms with Crippen LogP contribution < -0.4 is 4.90 Å². The fraction of sp³-hybridized carbons (Fsp3) is 0.409. The average molecular weight is 350 g/mol. The van der Waals surface area contributed by atoms with Gasteiger partial charge in [-0.25, -0.2) is 4.79 Å². The Balaban J connectivity index is 1.37. The van der Waals surface area contributed by atoms with Crippen LogP contribution in [0.25, 0.3) is 0 Å². The number of carboxylic acid groups (broad SMARTS) is 1. The highest BCUT2D eigenvalue weighted by Gasteiger charge is 2.32. The van der Waals surface area contributed by atoms with Gasteiger partial charge in [0.2, 0.25) is 0 Å². The summed E-state index contributed by atoms with van der Waals surface area (Å²) in [6, 6.07) is 18.8. The van der Waals surface area contributed by atoms with E-state index >= 15 is 0 Å². The van der Waals surface area contributed by atoms with Gasteiger partial charge >= 0.3 is 5.97 Å². The van der Waals surface area contributed by atoms with Gasteiger partial charge in [-0.05, 0) is 55.5 Å². The zero-order valence-electron chi connectivity index (χ0n) is 15.1. The maximum absolute atomic E-state index is 11.5. The molecule has 2 aliphatic heterocycles. The number of para-hydroxylation sites is 1. The third-order valence-electron chi connectivity index (χ3n) is 5.95. The highest BCUT2D eigenvalue weighted by Crippen LogP contribution is 2.33. The number of rotatable bonds is 4. The van der Waals surface area contributed by atoms with E-state index in [0.717, 1.165) is 38.2 Å². The van der Waals surface area contributed by atoms with Gasteiger partial charge in [0.25, 0.3) is 0 Å². The number of carbonyl (C=O) groups is 1. The Morgan fingerprint density at radius 1 is 0.885 bits per heavy atom. The van der Waals surface area contributed by atoms with Crippen molar-refractivity contribution in [2.75, 3.05) is 31.1 Å². The van der Waals surface area contributed by atoms with E-state index in [2.05, 4.69) is 40.1 Å². The average Bonchev–Trinajstić information content (AvgIpc) is 3.19. The van der Waals surface area contributed by atoms with Crippen LogP contribution in [0.1, 0.15) is 41.1 Å². The maximum atomic E-state index is 11.5. The molecule has 4 heteroatoms. The molecule has 4 rings (SSSR count). The summed E-state index contributed by atoms with van der Waals surface area (Å²) in [5.74, 6) is -0.468. The van der Waals surface area contributed by atoms with Crippen LogP contribution in [0, 0.1) is 0 Å². The van der Waals surface area contributed by atoms with Crippen molar-refractivity contribution in [2.24, 2.45) is 0 Å². The van der Waals surface area contributed by atoms with Crippen molar-refractivity contribution in [1.29, 1.82) is 0 Å². The lowest BCUT2D eigenvalue weighted by atomic mass is 9.93. The Morgan fingerprint density at radius 3 is 2.31 bits per heavy atom. The summed E-state index contributed by atoms with van der Waals surface area (Å²) in [6.45, 7) is 4.26. The van der Waals surface area contributed by atoms with Crippen LogP contribution in [0.2, 0.25) is 0 Å². The Morgan fingerprint density at radius 2 is 1.58 bits per heavy atom. The van der Waals surface area contributed by atoms with Crippen LogP contribution in [0.5, 0.6) is 0 Å². The van der Waals surface area contributed by atoms with Crippen LogP contribution in [-0.2, 0) is 0 Å². The van der Waals surface area contributed by atoms with E-state index in [9.17, 15) is 9.90 Å². The third kappa shape index (κ3) is 3.47. The number of carboxylic acids is 1. The molecule has 2 heterocycles. The molecule has 0 radical (unpaired) electrons. The lowest BCUT2D eigenvalue weighted by Gasteiger charge is -2.38. The third-order valence-corrected chi connectivity index (χ3v) is 5.95. The Hall–Kier alpha value is -2.33. The minimum Gasteiger partial charge on any atom is -0.478 e. The molecule has 1 N–H and O–H groups in total. The number of aromatic carboxylic acids is 1. The molecule has 136 valence electrons. The fourth-order valence-corrected chi connectivity index (χ4v) is 4.55. The Bertz CT molecular complexity index is 754. The summed E-state index contributed by atoms with van der Waals surface area (Å²) in [5, 5.41) is 9.46. The smallest absolute Gasteiger partial charge is 0.335 e. The molecule has 2 saturated heterocycles. The minimum absolute atomic E-state index is 0.342. The van der Waals surface area contributed by atoms with Crippen molar-refractivity contribution < 1.29 is 9.90 Å². The number of benzene rings is 2. The van der Waals surface area contributed by atoms with E-state index in [-0.39, 0.29) is 0 Å². The van der Waals surface area contributed by atoms with E-state index in [1.807, 2.05) is 18.2 Å². The molecular weight excluding hydrogens is 324 g/mol. The monoisotopic (exact) mass is 350 g/mol. The number of nitrogens with zero attached hydrogens (tertiary/aromatic N) is 2. The van der Waals surface area contributed by atoms with Crippen LogP contribution in [-0.4, -0.2) is 48.2 Å². The van der Waals surface area contributed by atoms with Crippen molar-refractivity contribution in [3.05, 3.63) is 65.7 Å². The van der Waals surface area contributed by atoms with Gasteiger partial charge in [-0.2, -0.15) is 0 Å². The first-order chi connectivity index (χ1) is 12.7. The largest absolute Gasteiger partial charge is 0.478 e. The molecule has 2 fully saturated rings. The number of hydrogen-bond acceptors (Lipinski definition) is 3. The Kier molecular flexibility index (Phi) is 4.93. The van der Waals surface area contributed by atoms with Gasteiger partial charge in [0.05, 0.1) is 5.56 Å². The molecule has 2 aromatic carbocycles. The molecule has 4 nitrogen and oxygen atoms in total. The van der Waals surface area contributed by atoms with Crippen LogP contribution in [0.15, 0.2) is 54.6 Å². The Labute approximate surface area is 155 Å². The zero-order chi connectivity index (χ0) is 17.9. The van der Waals surface area contributed by atoms with Gasteiger partial charge < -0.3 is 10.0 Å². The van der Waals surface area contributed by atoms with E-state index in [0.29, 0.717) is 17.5 Å². The van der Waals surface area contributed by atoms with E-state index in [4.69, 9.17) is 0 Å². The molecule has 0 aliphatic carbocycles. The summed E-state index contributed by atoms with van der Waals surface area (Å²) < 4.78 is 0. The first-order valence-corrected chi connectivity index (χ1v) is 9.58. The van der Waals surface area contributed by atoms with Gasteiger partial charge in [-0.3, -0.25) is 4.90 Å². The number of hydrogen-bond donors (Lipinski definition) is 1. The predicted octanol–water partition coefficient (Wildman–Crippen LogP) is 3.84. The second kappa shape index (κ2) is 7.50. The number of piperidine rings is 1. The zero-order valence-corrected chi connectivity index (χ0v) is 15.1. The molecule has 0 amide bonds. The molecule has 0 bridgehead atoms. The first kappa shape index (κ1) is 17.1. The highest BCUT2D eigenvalue weighted by molar-refractivity contribution is 5.89. The van der Waals surface area contributed by atoms with Gasteiger partial charge in [-0.15, -0.1) is 0 Å². The lowest BCUT2D eigenvalue weighted by Crippen LogP contribution is -2.44. The van der Waals surface area contributed by atoms with E-state index in [1.165, 1.54) is 18.5 Å². The highest BCUT2D eigenvalue weighted by atomic mass is 16.4. The normalized spacial score (nSPS) is 21.8. The van der Waals surface area contributed by atoms with Crippen molar-refractivity contribution in [3.63, 3.8) is 0 Å². The van der Waals surface area contributed by atoms with Crippen molar-refractivity contribution in [2.45, 2.75) is 31.2 Å². The molecule has 1 atom stereocenters. The first-order valence-electron chi connectivity index (χ1n) is 9.58. The minimum atomic E-state index is -0.810. The molecular formula is C22H26N2O2. The molecule has 26 heavy (non-hydrogen) atoms. The molecule has 0 unspecified atom stereocenters. The van der Waals surface area contributed by atoms with Gasteiger partial charge in [0, 0.05) is 31.4 Å². The maximum Gasteiger partial charge on any atom is 0.335 e. The molecule has 2 aromatic rings. The summed E-state index contributed by atoms with van der Waals surface area (Å²) in [5.41, 5.74) is 2.79. The lowest BCUT2D eigenvalue weighted by molar-refractivity contribution is 0.0695. The molecule has 0 spiro atoms. The SMILES string of the molecule is O=C(O)c1ccccc1[C@@H]1CCN(C2CCN(c3ccccc3)CC2)C1. The standard InChI is InChI=1S/C22H26N2O2/c25-22(26)21-9-5-4-8-20(21)17-10-13-24(16-17)19-11-14-23(15-12-19)18-6-2-1-3-7-18/h1-9,17,19H,10-16H2,(H,25,26)/t17-/m1/s1. The fourth-order valence-electron chi connectivity index (χ4n) is 4.55. The van der Waals surface area contributed by atoms with Crippen LogP contribution >= 0.6 is 0 Å². The second-order valence-corrected chi connectivity index (χ2v) is 7.43. The molecule has 0 aromatic heterocycles. The van der Waals surface area contributed by atoms with Crippen molar-refractivity contribution in [1.82, 2.24) is 4.90 Å². The summed E-state index contributed by atoms with van der Waals surface area (Å²) in [6.07, 6.45) is 3.42. The molecule has 2 aliphatic rings. The summed E-state index contributed by atoms with van der Waals surface area (Å²) in [4.78, 5) is 16.6. The van der Waals surface area contributed by atoms with E-state index in [1.54, 1.807) is 6.07 Å². The van der Waals surface area contributed by atoms with Crippen LogP contribution in [0.4, 0.5) is 5.69 Å². The van der Waals surface area contributed by atoms with Gasteiger partial charge in [0.1, 0.15) is 0 Å². The number of likely N-dealkylation sites (tertiary alicyclic amines) is 1. The quantitative estimate of drug-likeness (QED) is 0.910. The second-order valence-electron chi connectivity index (χ2n) is 7.43. The van der Waals surface area contributed by atoms with Gasteiger partial charge in [0.15, 0.2) is 0 Å². The van der Waals surface area contributed by atoms with Crippen molar-refractivity contribution in [3.8, 4) is 0 Å². The molecule has 0 saturated carbocycles. The topological polar surface area (TPSA) is 43.8 Å².